The van der Waals surface area contributed by atoms with Crippen molar-refractivity contribution >= 4 is 6.09 Å². The number of rotatable bonds is 5. The van der Waals surface area contributed by atoms with Crippen LogP contribution in [0.15, 0.2) is 30.3 Å². The van der Waals surface area contributed by atoms with Crippen molar-refractivity contribution in [3.63, 3.8) is 0 Å². The average Bonchev–Trinajstić information content (AvgIpc) is 3.26. The van der Waals surface area contributed by atoms with E-state index in [0.29, 0.717) is 19.1 Å². The summed E-state index contributed by atoms with van der Waals surface area (Å²) >= 11 is 0. The van der Waals surface area contributed by atoms with Crippen molar-refractivity contribution in [2.45, 2.75) is 31.6 Å². The van der Waals surface area contributed by atoms with Crippen molar-refractivity contribution in [1.29, 1.82) is 0 Å². The van der Waals surface area contributed by atoms with Crippen LogP contribution in [0.1, 0.15) is 18.4 Å². The van der Waals surface area contributed by atoms with E-state index in [1.54, 1.807) is 4.90 Å². The van der Waals surface area contributed by atoms with E-state index in [0.717, 1.165) is 12.1 Å². The third-order valence-electron chi connectivity index (χ3n) is 4.12. The number of amides is 1. The molecule has 2 fully saturated rings. The van der Waals surface area contributed by atoms with Gasteiger partial charge in [-0.2, -0.15) is 0 Å². The maximum Gasteiger partial charge on any atom is 0.410 e. The summed E-state index contributed by atoms with van der Waals surface area (Å²) in [7, 11) is 0. The van der Waals surface area contributed by atoms with Crippen LogP contribution in [0.4, 0.5) is 4.79 Å². The van der Waals surface area contributed by atoms with Crippen molar-refractivity contribution in [3.05, 3.63) is 35.9 Å². The van der Waals surface area contributed by atoms with Crippen LogP contribution in [0, 0.1) is 5.92 Å². The van der Waals surface area contributed by atoms with E-state index in [2.05, 4.69) is 5.32 Å². The fourth-order valence-electron chi connectivity index (χ4n) is 2.62. The Hall–Kier alpha value is -1.59. The number of hydrogen-bond donors (Lipinski definition) is 2. The molecule has 0 bridgehead atoms. The van der Waals surface area contributed by atoms with Crippen molar-refractivity contribution in [2.75, 3.05) is 19.6 Å². The van der Waals surface area contributed by atoms with E-state index in [1.807, 2.05) is 30.3 Å². The highest BCUT2D eigenvalue weighted by atomic mass is 16.6. The zero-order valence-corrected chi connectivity index (χ0v) is 12.1. The fourth-order valence-corrected chi connectivity index (χ4v) is 2.62. The second kappa shape index (κ2) is 6.45. The van der Waals surface area contributed by atoms with Gasteiger partial charge in [-0.3, -0.25) is 0 Å². The number of likely N-dealkylation sites (tertiary alicyclic amines) is 1. The van der Waals surface area contributed by atoms with Crippen LogP contribution in [0.25, 0.3) is 0 Å². The van der Waals surface area contributed by atoms with Gasteiger partial charge in [-0.25, -0.2) is 4.79 Å². The first-order valence-electron chi connectivity index (χ1n) is 7.59. The van der Waals surface area contributed by atoms with Gasteiger partial charge in [0.2, 0.25) is 0 Å². The van der Waals surface area contributed by atoms with Crippen LogP contribution in [0.2, 0.25) is 0 Å². The lowest BCUT2D eigenvalue weighted by atomic mass is 10.1. The number of nitrogens with one attached hydrogen (secondary N) is 1. The summed E-state index contributed by atoms with van der Waals surface area (Å²) in [6.07, 6.45) is 1.66. The van der Waals surface area contributed by atoms with E-state index in [4.69, 9.17) is 4.74 Å². The molecule has 2 atom stereocenters. The minimum absolute atomic E-state index is 0.106. The first kappa shape index (κ1) is 14.4. The van der Waals surface area contributed by atoms with Gasteiger partial charge in [-0.1, -0.05) is 30.3 Å². The summed E-state index contributed by atoms with van der Waals surface area (Å²) in [5.41, 5.74) is 0.970. The van der Waals surface area contributed by atoms with Gasteiger partial charge in [0.15, 0.2) is 0 Å². The molecule has 0 spiro atoms. The van der Waals surface area contributed by atoms with E-state index in [-0.39, 0.29) is 18.6 Å². The summed E-state index contributed by atoms with van der Waals surface area (Å²) in [6.45, 7) is 1.98. The van der Waals surface area contributed by atoms with Gasteiger partial charge < -0.3 is 20.1 Å². The molecule has 1 heterocycles. The Morgan fingerprint density at radius 2 is 2.05 bits per heavy atom. The molecule has 1 aromatic rings. The molecule has 1 aliphatic carbocycles. The molecular formula is C16H22N2O3. The first-order chi connectivity index (χ1) is 10.2. The predicted molar refractivity (Wildman–Crippen MR) is 78.7 cm³/mol. The van der Waals surface area contributed by atoms with E-state index in [9.17, 15) is 9.90 Å². The molecule has 114 valence electrons. The van der Waals surface area contributed by atoms with Crippen LogP contribution in [-0.4, -0.2) is 47.9 Å². The minimum atomic E-state index is -0.458. The summed E-state index contributed by atoms with van der Waals surface area (Å²) in [5, 5.41) is 13.4. The number of ether oxygens (including phenoxy) is 1. The van der Waals surface area contributed by atoms with Crippen LogP contribution >= 0.6 is 0 Å². The smallest absolute Gasteiger partial charge is 0.410 e. The van der Waals surface area contributed by atoms with E-state index < -0.39 is 6.10 Å². The van der Waals surface area contributed by atoms with Gasteiger partial charge in [0.05, 0.1) is 12.6 Å². The molecule has 5 nitrogen and oxygen atoms in total. The zero-order valence-electron chi connectivity index (χ0n) is 12.1. The molecule has 0 radical (unpaired) electrons. The molecule has 1 amide bonds. The third-order valence-corrected chi connectivity index (χ3v) is 4.12. The van der Waals surface area contributed by atoms with Gasteiger partial charge in [0.1, 0.15) is 6.61 Å². The van der Waals surface area contributed by atoms with Crippen molar-refractivity contribution in [3.8, 4) is 0 Å². The first-order valence-corrected chi connectivity index (χ1v) is 7.59. The average molecular weight is 290 g/mol. The molecule has 2 aliphatic rings. The quantitative estimate of drug-likeness (QED) is 0.860. The Morgan fingerprint density at radius 3 is 2.76 bits per heavy atom. The summed E-state index contributed by atoms with van der Waals surface area (Å²) in [4.78, 5) is 13.6. The maximum absolute atomic E-state index is 12.0. The van der Waals surface area contributed by atoms with Crippen molar-refractivity contribution < 1.29 is 14.6 Å². The standard InChI is InChI=1S/C16H22N2O3/c19-15-10-18(9-13(15)8-17-14-6-7-14)16(20)21-11-12-4-2-1-3-5-12/h1-5,13-15,17,19H,6-11H2/t13-,15+/m1/s1. The second-order valence-electron chi connectivity index (χ2n) is 5.96. The van der Waals surface area contributed by atoms with Crippen LogP contribution in [0.5, 0.6) is 0 Å². The molecule has 5 heteroatoms. The minimum Gasteiger partial charge on any atom is -0.445 e. The number of carbonyl (C=O) groups excluding carboxylic acids is 1. The number of aliphatic hydroxyl groups excluding tert-OH is 1. The lowest BCUT2D eigenvalue weighted by molar-refractivity contribution is 0.0967. The molecule has 1 aromatic carbocycles. The monoisotopic (exact) mass is 290 g/mol. The number of benzene rings is 1. The van der Waals surface area contributed by atoms with Crippen molar-refractivity contribution in [2.24, 2.45) is 5.92 Å². The van der Waals surface area contributed by atoms with Crippen LogP contribution in [-0.2, 0) is 11.3 Å². The van der Waals surface area contributed by atoms with E-state index in [1.165, 1.54) is 12.8 Å². The van der Waals surface area contributed by atoms with Gasteiger partial charge in [-0.05, 0) is 18.4 Å². The van der Waals surface area contributed by atoms with Gasteiger partial charge in [0.25, 0.3) is 0 Å². The molecule has 1 saturated heterocycles. The highest BCUT2D eigenvalue weighted by Crippen LogP contribution is 2.22. The van der Waals surface area contributed by atoms with Gasteiger partial charge >= 0.3 is 6.09 Å². The fraction of sp³-hybridized carbons (Fsp3) is 0.562. The van der Waals surface area contributed by atoms with Crippen LogP contribution in [0.3, 0.4) is 0 Å². The Morgan fingerprint density at radius 1 is 1.29 bits per heavy atom. The Kier molecular flexibility index (Phi) is 4.41. The molecule has 0 unspecified atom stereocenters. The van der Waals surface area contributed by atoms with E-state index >= 15 is 0 Å². The number of aliphatic hydroxyl groups is 1. The number of hydrogen-bond acceptors (Lipinski definition) is 4. The second-order valence-corrected chi connectivity index (χ2v) is 5.96. The topological polar surface area (TPSA) is 61.8 Å². The van der Waals surface area contributed by atoms with Crippen molar-refractivity contribution in [1.82, 2.24) is 10.2 Å². The molecule has 2 N–H and O–H groups in total. The number of nitrogens with zero attached hydrogens (tertiary/aromatic N) is 1. The predicted octanol–water partition coefficient (Wildman–Crippen LogP) is 1.37. The maximum atomic E-state index is 12.0. The summed E-state index contributed by atoms with van der Waals surface area (Å²) in [5.74, 6) is 0.106. The van der Waals surface area contributed by atoms with Gasteiger partial charge in [0, 0.05) is 25.0 Å². The number of β-amino-alcohol motifs (C(OH)–C–C–N with tert-alkyl or cyclic N) is 1. The Balaban J connectivity index is 1.44. The van der Waals surface area contributed by atoms with Crippen LogP contribution < -0.4 is 5.32 Å². The molecule has 1 saturated carbocycles. The normalized spacial score (nSPS) is 25.1. The molecule has 3 rings (SSSR count). The SMILES string of the molecule is O=C(OCc1ccccc1)N1C[C@@H](CNC2CC2)[C@@H](O)C1. The number of carbonyl (C=O) groups is 1. The lowest BCUT2D eigenvalue weighted by Crippen LogP contribution is -2.32. The summed E-state index contributed by atoms with van der Waals surface area (Å²) in [6, 6.07) is 10.2. The molecule has 1 aliphatic heterocycles. The molecular weight excluding hydrogens is 268 g/mol. The Bertz CT molecular complexity index is 476. The molecule has 0 aromatic heterocycles. The highest BCUT2D eigenvalue weighted by molar-refractivity contribution is 5.68. The largest absolute Gasteiger partial charge is 0.445 e. The highest BCUT2D eigenvalue weighted by Gasteiger charge is 2.35. The zero-order chi connectivity index (χ0) is 14.7. The van der Waals surface area contributed by atoms with Gasteiger partial charge in [-0.15, -0.1) is 0 Å². The third kappa shape index (κ3) is 3.95. The molecule has 21 heavy (non-hydrogen) atoms. The summed E-state index contributed by atoms with van der Waals surface area (Å²) < 4.78 is 5.30. The Labute approximate surface area is 124 Å². The lowest BCUT2D eigenvalue weighted by Gasteiger charge is -2.16.